The number of ether oxygens (including phenoxy) is 3. The van der Waals surface area contributed by atoms with Gasteiger partial charge < -0.3 is 18.8 Å². The summed E-state index contributed by atoms with van der Waals surface area (Å²) in [5.74, 6) is -2.10. The molecule has 6 rings (SSSR count). The lowest BCUT2D eigenvalue weighted by Gasteiger charge is -2.28. The summed E-state index contributed by atoms with van der Waals surface area (Å²) in [6, 6.07) is 15.5. The van der Waals surface area contributed by atoms with Crippen LogP contribution in [-0.4, -0.2) is 53.7 Å². The Hall–Kier alpha value is -4.30. The number of hydrogen-bond acceptors (Lipinski definition) is 10. The van der Waals surface area contributed by atoms with Gasteiger partial charge in [-0.25, -0.2) is 37.0 Å². The van der Waals surface area contributed by atoms with E-state index >= 15 is 8.78 Å². The van der Waals surface area contributed by atoms with Gasteiger partial charge in [-0.05, 0) is 65.9 Å². The first-order valence-electron chi connectivity index (χ1n) is 18.8. The second kappa shape index (κ2) is 18.3. The van der Waals surface area contributed by atoms with Gasteiger partial charge in [-0.15, -0.1) is 0 Å². The zero-order valence-electron chi connectivity index (χ0n) is 33.1. The van der Waals surface area contributed by atoms with Gasteiger partial charge in [-0.2, -0.15) is 0 Å². The first-order chi connectivity index (χ1) is 27.5. The van der Waals surface area contributed by atoms with Gasteiger partial charge in [0.25, 0.3) is 0 Å². The van der Waals surface area contributed by atoms with Crippen LogP contribution in [0.3, 0.4) is 0 Å². The Bertz CT molecular complexity index is 2310. The summed E-state index contributed by atoms with van der Waals surface area (Å²) in [5.41, 5.74) is 1.15. The van der Waals surface area contributed by atoms with Crippen molar-refractivity contribution >= 4 is 36.4 Å². The summed E-state index contributed by atoms with van der Waals surface area (Å²) in [6.07, 6.45) is -0.0941. The number of esters is 1. The van der Waals surface area contributed by atoms with Crippen LogP contribution >= 0.6 is 19.4 Å². The molecule has 16 heteroatoms. The number of aromatic nitrogens is 3. The molecule has 0 bridgehead atoms. The summed E-state index contributed by atoms with van der Waals surface area (Å²) < 4.78 is 94.3. The number of nitrogens with zero attached hydrogens (tertiary/aromatic N) is 3. The van der Waals surface area contributed by atoms with E-state index in [-0.39, 0.29) is 88.4 Å². The predicted molar refractivity (Wildman–Crippen MR) is 212 cm³/mol. The van der Waals surface area contributed by atoms with E-state index in [2.05, 4.69) is 4.98 Å². The van der Waals surface area contributed by atoms with Crippen molar-refractivity contribution in [1.82, 2.24) is 14.5 Å². The normalized spacial score (nSPS) is 15.5. The maximum Gasteiger partial charge on any atom is 0.477 e. The molecular weight excluding hydrogens is 798 g/mol. The molecule has 11 nitrogen and oxygen atoms in total. The molecule has 3 heterocycles. The molecule has 1 saturated heterocycles. The fourth-order valence-electron chi connectivity index (χ4n) is 6.27. The minimum atomic E-state index is -4.01. The quantitative estimate of drug-likeness (QED) is 0.0508. The molecule has 58 heavy (non-hydrogen) atoms. The van der Waals surface area contributed by atoms with Gasteiger partial charge >= 0.3 is 13.8 Å². The minimum Gasteiger partial charge on any atom is -0.473 e. The maximum absolute atomic E-state index is 16.0. The number of rotatable bonds is 17. The number of carbonyl (C=O) groups is 1. The molecule has 0 spiro atoms. The number of hydrogen-bond donors (Lipinski definition) is 0. The van der Waals surface area contributed by atoms with Crippen molar-refractivity contribution in [3.05, 3.63) is 112 Å². The van der Waals surface area contributed by atoms with Gasteiger partial charge in [0.1, 0.15) is 29.9 Å². The number of halogens is 4. The zero-order chi connectivity index (χ0) is 41.8. The zero-order valence-corrected chi connectivity index (χ0v) is 34.7. The van der Waals surface area contributed by atoms with Crippen LogP contribution in [0.2, 0.25) is 5.02 Å². The van der Waals surface area contributed by atoms with Crippen LogP contribution in [0.25, 0.3) is 22.3 Å². The smallest absolute Gasteiger partial charge is 0.473 e. The highest BCUT2D eigenvalue weighted by atomic mass is 35.5. The minimum absolute atomic E-state index is 0.0423. The highest BCUT2D eigenvalue weighted by molar-refractivity contribution is 7.48. The molecule has 0 saturated carbocycles. The summed E-state index contributed by atoms with van der Waals surface area (Å²) in [7, 11) is -4.01. The van der Waals surface area contributed by atoms with E-state index < -0.39 is 38.0 Å². The monoisotopic (exact) mass is 843 g/mol. The van der Waals surface area contributed by atoms with E-state index in [1.54, 1.807) is 18.2 Å². The molecule has 5 aromatic rings. The lowest BCUT2D eigenvalue weighted by atomic mass is 9.87. The van der Waals surface area contributed by atoms with Crippen molar-refractivity contribution in [3.63, 3.8) is 0 Å². The molecule has 310 valence electrons. The third-order valence-corrected chi connectivity index (χ3v) is 11.0. The Balaban J connectivity index is 1.23. The third-order valence-electron chi connectivity index (χ3n) is 9.37. The summed E-state index contributed by atoms with van der Waals surface area (Å²) in [5, 5.41) is 0.247. The average Bonchev–Trinajstić information content (AvgIpc) is 3.71. The van der Waals surface area contributed by atoms with Gasteiger partial charge in [0.2, 0.25) is 12.7 Å². The first-order valence-corrected chi connectivity index (χ1v) is 20.7. The number of fused-ring (bicyclic) bond motifs is 1. The fourth-order valence-corrected chi connectivity index (χ4v) is 7.79. The van der Waals surface area contributed by atoms with E-state index in [4.69, 9.17) is 44.4 Å². The highest BCUT2D eigenvalue weighted by Crippen LogP contribution is 2.50. The van der Waals surface area contributed by atoms with Gasteiger partial charge in [0.15, 0.2) is 0 Å². The molecule has 0 radical (unpaired) electrons. The van der Waals surface area contributed by atoms with Crippen molar-refractivity contribution in [2.45, 2.75) is 60.6 Å². The number of pyridine rings is 1. The number of benzene rings is 3. The van der Waals surface area contributed by atoms with E-state index in [1.165, 1.54) is 36.4 Å². The lowest BCUT2D eigenvalue weighted by Crippen LogP contribution is -2.27. The number of carbonyl (C=O) groups excluding carboxylic acids is 1. The molecule has 1 aliphatic rings. The van der Waals surface area contributed by atoms with Crippen molar-refractivity contribution in [2.75, 3.05) is 33.2 Å². The molecule has 3 aromatic carbocycles. The van der Waals surface area contributed by atoms with E-state index in [0.717, 1.165) is 12.1 Å². The Morgan fingerprint density at radius 2 is 1.64 bits per heavy atom. The number of phosphoric acid groups is 1. The van der Waals surface area contributed by atoms with Gasteiger partial charge in [-0.1, -0.05) is 65.3 Å². The molecule has 1 fully saturated rings. The average molecular weight is 844 g/mol. The van der Waals surface area contributed by atoms with Crippen molar-refractivity contribution < 1.29 is 50.3 Å². The van der Waals surface area contributed by atoms with Crippen LogP contribution in [0, 0.1) is 34.7 Å². The Morgan fingerprint density at radius 1 is 0.914 bits per heavy atom. The molecule has 0 unspecified atom stereocenters. The second-order valence-electron chi connectivity index (χ2n) is 15.6. The number of phosphoric ester groups is 1. The second-order valence-corrected chi connectivity index (χ2v) is 17.7. The summed E-state index contributed by atoms with van der Waals surface area (Å²) >= 11 is 5.84. The fraction of sp³-hybridized carbons (Fsp3) is 0.405. The van der Waals surface area contributed by atoms with Crippen LogP contribution < -0.4 is 4.74 Å². The van der Waals surface area contributed by atoms with Gasteiger partial charge in [-0.3, -0.25) is 9.05 Å². The topological polar surface area (TPSA) is 120 Å². The van der Waals surface area contributed by atoms with Crippen molar-refractivity contribution in [2.24, 2.45) is 17.3 Å². The predicted octanol–water partition coefficient (Wildman–Crippen LogP) is 10.5. The van der Waals surface area contributed by atoms with Gasteiger partial charge in [0.05, 0.1) is 54.8 Å². The third kappa shape index (κ3) is 10.5. The Labute approximate surface area is 340 Å². The largest absolute Gasteiger partial charge is 0.477 e. The SMILES string of the molecule is CC(C)COP(=O)(OCOC(=O)c1ccc2nc(Cc3cc(F)c(-c4cccc(OCc5ccc(Cl)cc5F)n4)cc3F)n([C@@H]3COCC3(C)C)c2c1)OCC(C)C. The maximum atomic E-state index is 16.0. The van der Waals surface area contributed by atoms with Crippen LogP contribution in [0.1, 0.15) is 74.9 Å². The molecule has 0 aliphatic carbocycles. The molecule has 1 aliphatic heterocycles. The van der Waals surface area contributed by atoms with Crippen LogP contribution in [-0.2, 0) is 40.6 Å². The first kappa shape index (κ1) is 43.3. The molecular formula is C42H46ClF3N3O8P. The van der Waals surface area contributed by atoms with Gasteiger partial charge in [0, 0.05) is 34.1 Å². The molecule has 2 aromatic heterocycles. The van der Waals surface area contributed by atoms with E-state index in [0.29, 0.717) is 30.1 Å². The van der Waals surface area contributed by atoms with E-state index in [1.807, 2.05) is 46.1 Å². The lowest BCUT2D eigenvalue weighted by molar-refractivity contribution is -0.00506. The molecule has 0 amide bonds. The molecule has 0 N–H and O–H groups in total. The van der Waals surface area contributed by atoms with Crippen LogP contribution in [0.4, 0.5) is 13.2 Å². The summed E-state index contributed by atoms with van der Waals surface area (Å²) in [6.45, 7) is 11.8. The summed E-state index contributed by atoms with van der Waals surface area (Å²) in [4.78, 5) is 22.4. The van der Waals surface area contributed by atoms with Crippen LogP contribution in [0.5, 0.6) is 5.88 Å². The Kier molecular flexibility index (Phi) is 13.7. The standard InChI is InChI=1S/C42H46ClF3N3O8P/c1-25(2)19-55-58(51,56-20-26(3)4)57-24-54-41(50)27-11-13-36-37(15-27)49(38-22-52-23-42(38,5)6)39(47-36)16-29-14-34(46)31(18-33(29)45)35-8-7-9-40(48-35)53-21-28-10-12-30(43)17-32(28)44/h7-15,17-18,25-26,38H,16,19-24H2,1-6H3/t38-/m1/s1. The number of imidazole rings is 1. The van der Waals surface area contributed by atoms with E-state index in [9.17, 15) is 13.8 Å². The van der Waals surface area contributed by atoms with Crippen molar-refractivity contribution in [3.8, 4) is 17.1 Å². The molecule has 1 atom stereocenters. The highest BCUT2D eigenvalue weighted by Gasteiger charge is 2.39. The Morgan fingerprint density at radius 3 is 2.31 bits per heavy atom. The van der Waals surface area contributed by atoms with Crippen molar-refractivity contribution in [1.29, 1.82) is 0 Å². The van der Waals surface area contributed by atoms with Crippen LogP contribution in [0.15, 0.2) is 66.7 Å².